The van der Waals surface area contributed by atoms with Gasteiger partial charge in [-0.25, -0.2) is 0 Å². The fourth-order valence-electron chi connectivity index (χ4n) is 1.57. The van der Waals surface area contributed by atoms with Crippen LogP contribution >= 0.6 is 0 Å². The molecule has 1 aliphatic rings. The number of hydrogen-bond donors (Lipinski definition) is 1. The van der Waals surface area contributed by atoms with Crippen LogP contribution in [0.4, 0.5) is 10.1 Å². The number of alkyl halides is 1. The van der Waals surface area contributed by atoms with Crippen molar-refractivity contribution in [2.75, 3.05) is 12.0 Å². The van der Waals surface area contributed by atoms with Gasteiger partial charge in [-0.05, 0) is 30.5 Å². The Hall–Kier alpha value is -1.38. The molecule has 0 heterocycles. The first-order valence-electron chi connectivity index (χ1n) is 5.67. The summed E-state index contributed by atoms with van der Waals surface area (Å²) >= 11 is 0. The van der Waals surface area contributed by atoms with E-state index in [0.717, 1.165) is 24.1 Å². The SMILES string of the molecule is CC(CF)c1ccc(NC(=O)C2CC2)cc1. The summed E-state index contributed by atoms with van der Waals surface area (Å²) in [7, 11) is 0. The molecule has 1 fully saturated rings. The van der Waals surface area contributed by atoms with E-state index >= 15 is 0 Å². The lowest BCUT2D eigenvalue weighted by atomic mass is 10.0. The second-order valence-electron chi connectivity index (χ2n) is 4.44. The minimum Gasteiger partial charge on any atom is -0.326 e. The van der Waals surface area contributed by atoms with Crippen LogP contribution in [0.15, 0.2) is 24.3 Å². The zero-order valence-electron chi connectivity index (χ0n) is 9.37. The van der Waals surface area contributed by atoms with Gasteiger partial charge in [-0.15, -0.1) is 0 Å². The molecule has 0 radical (unpaired) electrons. The Kier molecular flexibility index (Phi) is 3.22. The first-order chi connectivity index (χ1) is 7.70. The number of amides is 1. The zero-order chi connectivity index (χ0) is 11.5. The molecule has 1 unspecified atom stereocenters. The van der Waals surface area contributed by atoms with Gasteiger partial charge in [0.2, 0.25) is 5.91 Å². The highest BCUT2D eigenvalue weighted by Crippen LogP contribution is 2.30. The molecule has 1 amide bonds. The van der Waals surface area contributed by atoms with Crippen LogP contribution in [0.25, 0.3) is 0 Å². The van der Waals surface area contributed by atoms with Gasteiger partial charge >= 0.3 is 0 Å². The zero-order valence-corrected chi connectivity index (χ0v) is 9.37. The van der Waals surface area contributed by atoms with Crippen molar-refractivity contribution in [1.82, 2.24) is 0 Å². The lowest BCUT2D eigenvalue weighted by Gasteiger charge is -2.09. The van der Waals surface area contributed by atoms with Gasteiger partial charge in [-0.1, -0.05) is 19.1 Å². The Morgan fingerprint density at radius 2 is 2.06 bits per heavy atom. The Labute approximate surface area is 94.9 Å². The molecule has 1 atom stereocenters. The van der Waals surface area contributed by atoms with Crippen LogP contribution in [0.3, 0.4) is 0 Å². The number of nitrogens with one attached hydrogen (secondary N) is 1. The molecule has 86 valence electrons. The van der Waals surface area contributed by atoms with Crippen LogP contribution in [-0.2, 0) is 4.79 Å². The molecule has 0 aromatic heterocycles. The maximum Gasteiger partial charge on any atom is 0.227 e. The minimum atomic E-state index is -0.353. The van der Waals surface area contributed by atoms with E-state index in [4.69, 9.17) is 0 Å². The summed E-state index contributed by atoms with van der Waals surface area (Å²) in [5.74, 6) is 0.240. The van der Waals surface area contributed by atoms with Gasteiger partial charge in [0.1, 0.15) is 0 Å². The van der Waals surface area contributed by atoms with Crippen molar-refractivity contribution in [3.05, 3.63) is 29.8 Å². The average molecular weight is 221 g/mol. The summed E-state index contributed by atoms with van der Waals surface area (Å²) in [6.07, 6.45) is 2.01. The summed E-state index contributed by atoms with van der Waals surface area (Å²) in [6, 6.07) is 7.41. The number of halogens is 1. The van der Waals surface area contributed by atoms with Crippen LogP contribution in [0.5, 0.6) is 0 Å². The van der Waals surface area contributed by atoms with E-state index in [1.807, 2.05) is 31.2 Å². The highest BCUT2D eigenvalue weighted by molar-refractivity contribution is 5.93. The Balaban J connectivity index is 1.98. The van der Waals surface area contributed by atoms with Gasteiger partial charge in [0.15, 0.2) is 0 Å². The number of carbonyl (C=O) groups excluding carboxylic acids is 1. The molecular weight excluding hydrogens is 205 g/mol. The van der Waals surface area contributed by atoms with E-state index in [-0.39, 0.29) is 24.4 Å². The lowest BCUT2D eigenvalue weighted by Crippen LogP contribution is -2.13. The first kappa shape index (κ1) is 11.1. The molecule has 3 heteroatoms. The van der Waals surface area contributed by atoms with Gasteiger partial charge in [0.05, 0.1) is 6.67 Å². The normalized spacial score (nSPS) is 16.9. The molecule has 0 saturated heterocycles. The van der Waals surface area contributed by atoms with Gasteiger partial charge in [-0.2, -0.15) is 0 Å². The van der Waals surface area contributed by atoms with Crippen molar-refractivity contribution in [2.24, 2.45) is 5.92 Å². The van der Waals surface area contributed by atoms with E-state index in [2.05, 4.69) is 5.32 Å². The highest BCUT2D eigenvalue weighted by Gasteiger charge is 2.29. The predicted octanol–water partition coefficient (Wildman–Crippen LogP) is 3.11. The summed E-state index contributed by atoms with van der Waals surface area (Å²) in [5.41, 5.74) is 1.76. The number of rotatable bonds is 4. The second kappa shape index (κ2) is 4.64. The topological polar surface area (TPSA) is 29.1 Å². The third-order valence-electron chi connectivity index (χ3n) is 2.93. The Morgan fingerprint density at radius 1 is 1.44 bits per heavy atom. The molecule has 1 aliphatic carbocycles. The lowest BCUT2D eigenvalue weighted by molar-refractivity contribution is -0.117. The van der Waals surface area contributed by atoms with Crippen molar-refractivity contribution < 1.29 is 9.18 Å². The van der Waals surface area contributed by atoms with Crippen LogP contribution in [-0.4, -0.2) is 12.6 Å². The fourth-order valence-corrected chi connectivity index (χ4v) is 1.57. The third kappa shape index (κ3) is 2.60. The number of anilines is 1. The van der Waals surface area contributed by atoms with Gasteiger partial charge in [-0.3, -0.25) is 9.18 Å². The van der Waals surface area contributed by atoms with Gasteiger partial charge in [0.25, 0.3) is 0 Å². The minimum absolute atomic E-state index is 0.0758. The summed E-state index contributed by atoms with van der Waals surface area (Å²) in [5, 5.41) is 2.86. The molecule has 1 aromatic rings. The fraction of sp³-hybridized carbons (Fsp3) is 0.462. The average Bonchev–Trinajstić information content (AvgIpc) is 3.13. The van der Waals surface area contributed by atoms with E-state index in [1.165, 1.54) is 0 Å². The largest absolute Gasteiger partial charge is 0.326 e. The maximum absolute atomic E-state index is 12.4. The second-order valence-corrected chi connectivity index (χ2v) is 4.44. The molecule has 2 rings (SSSR count). The summed E-state index contributed by atoms with van der Waals surface area (Å²) in [4.78, 5) is 11.5. The standard InChI is InChI=1S/C13H16FNO/c1-9(8-14)10-4-6-12(7-5-10)15-13(16)11-2-3-11/h4-7,9,11H,2-3,8H2,1H3,(H,15,16). The predicted molar refractivity (Wildman–Crippen MR) is 62.2 cm³/mol. The molecule has 0 spiro atoms. The molecular formula is C13H16FNO. The summed E-state index contributed by atoms with van der Waals surface area (Å²) < 4.78 is 12.4. The number of benzene rings is 1. The molecule has 16 heavy (non-hydrogen) atoms. The Morgan fingerprint density at radius 3 is 2.56 bits per heavy atom. The van der Waals surface area contributed by atoms with Crippen LogP contribution < -0.4 is 5.32 Å². The van der Waals surface area contributed by atoms with Crippen molar-refractivity contribution in [2.45, 2.75) is 25.7 Å². The van der Waals surface area contributed by atoms with E-state index in [9.17, 15) is 9.18 Å². The van der Waals surface area contributed by atoms with Crippen LogP contribution in [0.1, 0.15) is 31.2 Å². The van der Waals surface area contributed by atoms with Crippen molar-refractivity contribution >= 4 is 11.6 Å². The van der Waals surface area contributed by atoms with Gasteiger partial charge in [0, 0.05) is 17.5 Å². The molecule has 1 aromatic carbocycles. The number of carbonyl (C=O) groups is 1. The molecule has 1 saturated carbocycles. The van der Waals surface area contributed by atoms with E-state index in [1.54, 1.807) is 0 Å². The molecule has 1 N–H and O–H groups in total. The highest BCUT2D eigenvalue weighted by atomic mass is 19.1. The van der Waals surface area contributed by atoms with E-state index in [0.29, 0.717) is 0 Å². The molecule has 0 bridgehead atoms. The maximum atomic E-state index is 12.4. The third-order valence-corrected chi connectivity index (χ3v) is 2.93. The number of hydrogen-bond acceptors (Lipinski definition) is 1. The van der Waals surface area contributed by atoms with Gasteiger partial charge < -0.3 is 5.32 Å². The quantitative estimate of drug-likeness (QED) is 0.831. The first-order valence-corrected chi connectivity index (χ1v) is 5.67. The van der Waals surface area contributed by atoms with Crippen LogP contribution in [0, 0.1) is 5.92 Å². The molecule has 2 nitrogen and oxygen atoms in total. The molecule has 0 aliphatic heterocycles. The van der Waals surface area contributed by atoms with E-state index < -0.39 is 0 Å². The Bertz CT molecular complexity index is 370. The van der Waals surface area contributed by atoms with Crippen molar-refractivity contribution in [1.29, 1.82) is 0 Å². The van der Waals surface area contributed by atoms with Crippen molar-refractivity contribution in [3.63, 3.8) is 0 Å². The van der Waals surface area contributed by atoms with Crippen molar-refractivity contribution in [3.8, 4) is 0 Å². The smallest absolute Gasteiger partial charge is 0.227 e. The van der Waals surface area contributed by atoms with Crippen LogP contribution in [0.2, 0.25) is 0 Å². The monoisotopic (exact) mass is 221 g/mol. The summed E-state index contributed by atoms with van der Waals surface area (Å²) in [6.45, 7) is 1.49.